The van der Waals surface area contributed by atoms with Crippen LogP contribution in [0.5, 0.6) is 0 Å². The fourth-order valence-corrected chi connectivity index (χ4v) is 4.75. The van der Waals surface area contributed by atoms with E-state index in [0.717, 1.165) is 29.8 Å². The van der Waals surface area contributed by atoms with Gasteiger partial charge in [-0.25, -0.2) is 17.7 Å². The van der Waals surface area contributed by atoms with Crippen LogP contribution >= 0.6 is 0 Å². The number of hydrogen-bond acceptors (Lipinski definition) is 5. The number of hydrogen-bond donors (Lipinski definition) is 1. The van der Waals surface area contributed by atoms with Gasteiger partial charge in [0.25, 0.3) is 5.91 Å². The normalized spacial score (nSPS) is 17.4. The molecule has 1 aromatic carbocycles. The lowest BCUT2D eigenvalue weighted by Gasteiger charge is -2.30. The molecule has 162 valence electrons. The second-order valence-corrected chi connectivity index (χ2v) is 9.76. The number of aromatic nitrogens is 3. The van der Waals surface area contributed by atoms with Crippen LogP contribution in [0.4, 0.5) is 5.95 Å². The highest BCUT2D eigenvalue weighted by Crippen LogP contribution is 2.27. The van der Waals surface area contributed by atoms with Crippen LogP contribution in [0.15, 0.2) is 54.9 Å². The van der Waals surface area contributed by atoms with E-state index in [1.807, 2.05) is 41.9 Å². The molecule has 1 N–H and O–H groups in total. The average Bonchev–Trinajstić information content (AvgIpc) is 3.14. The largest absolute Gasteiger partial charge is 0.313 e. The maximum absolute atomic E-state index is 12.7. The molecule has 0 spiro atoms. The molecule has 1 atom stereocenters. The Morgan fingerprint density at radius 3 is 2.55 bits per heavy atom. The van der Waals surface area contributed by atoms with Crippen LogP contribution in [0.1, 0.15) is 34.8 Å². The van der Waals surface area contributed by atoms with Crippen LogP contribution in [-0.2, 0) is 17.1 Å². The minimum Gasteiger partial charge on any atom is -0.313 e. The lowest BCUT2D eigenvalue weighted by Crippen LogP contribution is -2.38. The summed E-state index contributed by atoms with van der Waals surface area (Å²) in [6.45, 7) is 0.970. The van der Waals surface area contributed by atoms with E-state index >= 15 is 0 Å². The van der Waals surface area contributed by atoms with Crippen molar-refractivity contribution in [3.8, 4) is 11.3 Å². The molecule has 9 heteroatoms. The predicted octanol–water partition coefficient (Wildman–Crippen LogP) is 2.87. The summed E-state index contributed by atoms with van der Waals surface area (Å²) in [5, 5.41) is 2.83. The van der Waals surface area contributed by atoms with Crippen molar-refractivity contribution in [2.24, 2.45) is 7.05 Å². The van der Waals surface area contributed by atoms with E-state index in [4.69, 9.17) is 0 Å². The molecule has 1 fully saturated rings. The average molecular weight is 440 g/mol. The second kappa shape index (κ2) is 8.60. The Labute approximate surface area is 182 Å². The summed E-state index contributed by atoms with van der Waals surface area (Å²) in [7, 11) is -1.36. The summed E-state index contributed by atoms with van der Waals surface area (Å²) >= 11 is 0. The molecule has 1 amide bonds. The first-order valence-electron chi connectivity index (χ1n) is 10.1. The number of anilines is 1. The number of piperidine rings is 1. The molecule has 4 rings (SSSR count). The van der Waals surface area contributed by atoms with Gasteiger partial charge < -0.3 is 4.57 Å². The summed E-state index contributed by atoms with van der Waals surface area (Å²) in [4.78, 5) is 21.5. The number of carbonyl (C=O) groups is 1. The fraction of sp³-hybridized carbons (Fsp3) is 0.318. The molecule has 0 radical (unpaired) electrons. The van der Waals surface area contributed by atoms with Crippen molar-refractivity contribution in [1.82, 2.24) is 18.8 Å². The Bertz CT molecular complexity index is 1170. The van der Waals surface area contributed by atoms with Gasteiger partial charge in [-0.3, -0.25) is 15.1 Å². The van der Waals surface area contributed by atoms with Gasteiger partial charge in [-0.2, -0.15) is 0 Å². The zero-order valence-electron chi connectivity index (χ0n) is 17.5. The maximum Gasteiger partial charge on any atom is 0.259 e. The molecule has 31 heavy (non-hydrogen) atoms. The van der Waals surface area contributed by atoms with E-state index in [-0.39, 0.29) is 11.8 Å². The first kappa shape index (κ1) is 21.2. The van der Waals surface area contributed by atoms with Crippen LogP contribution in [0.3, 0.4) is 0 Å². The Morgan fingerprint density at radius 2 is 1.87 bits per heavy atom. The topological polar surface area (TPSA) is 97.2 Å². The molecule has 0 bridgehead atoms. The highest BCUT2D eigenvalue weighted by molar-refractivity contribution is 7.88. The van der Waals surface area contributed by atoms with Gasteiger partial charge in [-0.1, -0.05) is 30.3 Å². The van der Waals surface area contributed by atoms with Crippen molar-refractivity contribution in [2.75, 3.05) is 24.7 Å². The molecular formula is C22H25N5O3S. The summed E-state index contributed by atoms with van der Waals surface area (Å²) in [5.74, 6) is 0.182. The number of imidazole rings is 1. The van der Waals surface area contributed by atoms with Gasteiger partial charge in [0.15, 0.2) is 0 Å². The molecule has 3 aromatic rings. The summed E-state index contributed by atoms with van der Waals surface area (Å²) in [6, 6.07) is 13.4. The molecule has 1 saturated heterocycles. The number of nitrogens with zero attached hydrogens (tertiary/aromatic N) is 4. The molecule has 0 saturated carbocycles. The van der Waals surface area contributed by atoms with Gasteiger partial charge in [0.05, 0.1) is 23.7 Å². The Hall–Kier alpha value is -3.04. The minimum absolute atomic E-state index is 0.0311. The van der Waals surface area contributed by atoms with E-state index in [0.29, 0.717) is 24.6 Å². The third kappa shape index (κ3) is 4.67. The van der Waals surface area contributed by atoms with Crippen LogP contribution in [0, 0.1) is 0 Å². The van der Waals surface area contributed by atoms with Gasteiger partial charge >= 0.3 is 0 Å². The lowest BCUT2D eigenvalue weighted by molar-refractivity contribution is 0.102. The predicted molar refractivity (Wildman–Crippen MR) is 119 cm³/mol. The van der Waals surface area contributed by atoms with Crippen molar-refractivity contribution in [3.05, 3.63) is 66.1 Å². The first-order valence-corrected chi connectivity index (χ1v) is 12.0. The van der Waals surface area contributed by atoms with Crippen LogP contribution in [0.25, 0.3) is 11.3 Å². The van der Waals surface area contributed by atoms with Gasteiger partial charge in [-0.05, 0) is 30.5 Å². The summed E-state index contributed by atoms with van der Waals surface area (Å²) in [6.07, 6.45) is 6.16. The number of carbonyl (C=O) groups excluding carboxylic acids is 1. The first-order chi connectivity index (χ1) is 14.8. The molecular weight excluding hydrogens is 414 g/mol. The Morgan fingerprint density at radius 1 is 1.10 bits per heavy atom. The third-order valence-electron chi connectivity index (χ3n) is 5.60. The van der Waals surface area contributed by atoms with Crippen LogP contribution in [0.2, 0.25) is 0 Å². The van der Waals surface area contributed by atoms with Gasteiger partial charge in [0.1, 0.15) is 0 Å². The maximum atomic E-state index is 12.7. The zero-order chi connectivity index (χ0) is 22.0. The second-order valence-electron chi connectivity index (χ2n) is 7.78. The van der Waals surface area contributed by atoms with E-state index in [1.165, 1.54) is 16.8 Å². The standard InChI is InChI=1S/C22H25N5O3S/c1-26-20(16-7-4-3-5-8-16)14-24-22(26)25-21(28)17-10-11-19(23-13-17)18-9-6-12-27(15-18)31(2,29)30/h3-5,7-8,10-11,13-14,18H,6,9,12,15H2,1-2H3,(H,24,25,28)/t18-/m1/s1. The molecule has 3 heterocycles. The van der Waals surface area contributed by atoms with Gasteiger partial charge in [-0.15, -0.1) is 0 Å². The van der Waals surface area contributed by atoms with Crippen LogP contribution < -0.4 is 5.32 Å². The number of pyridine rings is 1. The lowest BCUT2D eigenvalue weighted by atomic mass is 9.95. The quantitative estimate of drug-likeness (QED) is 0.659. The molecule has 0 unspecified atom stereocenters. The Balaban J connectivity index is 1.45. The van der Waals surface area contributed by atoms with Crippen molar-refractivity contribution in [3.63, 3.8) is 0 Å². The SMILES string of the molecule is Cn1c(-c2ccccc2)cnc1NC(=O)c1ccc([C@@H]2CCCN(S(C)(=O)=O)C2)nc1. The highest BCUT2D eigenvalue weighted by atomic mass is 32.2. The number of sulfonamides is 1. The smallest absolute Gasteiger partial charge is 0.259 e. The number of benzene rings is 1. The van der Waals surface area contributed by atoms with E-state index in [2.05, 4.69) is 15.3 Å². The molecule has 0 aliphatic carbocycles. The summed E-state index contributed by atoms with van der Waals surface area (Å²) < 4.78 is 27.0. The van der Waals surface area contributed by atoms with E-state index in [9.17, 15) is 13.2 Å². The van der Waals surface area contributed by atoms with Crippen molar-refractivity contribution < 1.29 is 13.2 Å². The zero-order valence-corrected chi connectivity index (χ0v) is 18.3. The molecule has 1 aliphatic heterocycles. The monoisotopic (exact) mass is 439 g/mol. The number of amides is 1. The Kier molecular flexibility index (Phi) is 5.88. The third-order valence-corrected chi connectivity index (χ3v) is 6.87. The van der Waals surface area contributed by atoms with Gasteiger partial charge in [0.2, 0.25) is 16.0 Å². The number of nitrogens with one attached hydrogen (secondary N) is 1. The number of rotatable bonds is 5. The molecule has 1 aliphatic rings. The van der Waals surface area contributed by atoms with Crippen LogP contribution in [-0.4, -0.2) is 52.5 Å². The van der Waals surface area contributed by atoms with E-state index in [1.54, 1.807) is 18.3 Å². The highest BCUT2D eigenvalue weighted by Gasteiger charge is 2.27. The van der Waals surface area contributed by atoms with Gasteiger partial charge in [0, 0.05) is 37.9 Å². The van der Waals surface area contributed by atoms with E-state index < -0.39 is 10.0 Å². The minimum atomic E-state index is -3.21. The van der Waals surface area contributed by atoms with Crippen molar-refractivity contribution in [2.45, 2.75) is 18.8 Å². The molecule has 8 nitrogen and oxygen atoms in total. The van der Waals surface area contributed by atoms with Crippen molar-refractivity contribution in [1.29, 1.82) is 0 Å². The fourth-order valence-electron chi connectivity index (χ4n) is 3.84. The van der Waals surface area contributed by atoms with Crippen molar-refractivity contribution >= 4 is 21.9 Å². The summed E-state index contributed by atoms with van der Waals surface area (Å²) in [5.41, 5.74) is 3.13. The molecule has 2 aromatic heterocycles.